The Hall–Kier alpha value is -2.47. The van der Waals surface area contributed by atoms with Crippen molar-refractivity contribution in [1.82, 2.24) is 9.55 Å². The molecule has 24 heavy (non-hydrogen) atoms. The number of aryl methyl sites for hydroxylation is 2. The summed E-state index contributed by atoms with van der Waals surface area (Å²) in [5.74, 6) is -0.591. The molecule has 0 aliphatic rings. The molecule has 0 radical (unpaired) electrons. The number of carbonyl (C=O) groups is 1. The number of hydrogen-bond acceptors (Lipinski definition) is 2. The lowest BCUT2D eigenvalue weighted by molar-refractivity contribution is -0.118. The van der Waals surface area contributed by atoms with E-state index in [2.05, 4.69) is 10.3 Å². The van der Waals surface area contributed by atoms with Crippen LogP contribution < -0.4 is 5.32 Å². The number of rotatable bonds is 3. The topological polar surface area (TPSA) is 46.9 Å². The van der Waals surface area contributed by atoms with Gasteiger partial charge in [-0.2, -0.15) is 0 Å². The van der Waals surface area contributed by atoms with Crippen LogP contribution in [0.3, 0.4) is 0 Å². The number of benzene rings is 2. The third kappa shape index (κ3) is 2.97. The fourth-order valence-corrected chi connectivity index (χ4v) is 2.62. The molecule has 0 saturated carbocycles. The zero-order valence-electron chi connectivity index (χ0n) is 13.0. The van der Waals surface area contributed by atoms with Crippen LogP contribution in [0, 0.1) is 12.7 Å². The van der Waals surface area contributed by atoms with E-state index in [1.54, 1.807) is 25.1 Å². The van der Waals surface area contributed by atoms with Gasteiger partial charge in [0.1, 0.15) is 11.6 Å². The number of fused-ring (bicyclic) bond motifs is 1. The smallest absolute Gasteiger partial charge is 0.274 e. The van der Waals surface area contributed by atoms with Gasteiger partial charge in [-0.1, -0.05) is 11.6 Å². The molecule has 2 aromatic carbocycles. The SMILES string of the molecule is Cc1cc(-c2nc3cc(F)ccc3n2C)ccc1NC(=O)C(F)Cl. The Bertz CT molecular complexity index is 937. The minimum Gasteiger partial charge on any atom is -0.327 e. The van der Waals surface area contributed by atoms with Crippen molar-refractivity contribution in [2.45, 2.75) is 12.6 Å². The van der Waals surface area contributed by atoms with Crippen LogP contribution in [0.25, 0.3) is 22.4 Å². The van der Waals surface area contributed by atoms with Gasteiger partial charge in [0.2, 0.25) is 0 Å². The van der Waals surface area contributed by atoms with Crippen LogP contribution in [-0.2, 0) is 11.8 Å². The number of carbonyl (C=O) groups excluding carboxylic acids is 1. The Morgan fingerprint density at radius 1 is 1.29 bits per heavy atom. The molecule has 0 aliphatic heterocycles. The molecule has 0 fully saturated rings. The third-order valence-corrected chi connectivity index (χ3v) is 3.98. The van der Waals surface area contributed by atoms with Gasteiger partial charge in [-0.15, -0.1) is 0 Å². The zero-order valence-corrected chi connectivity index (χ0v) is 13.7. The summed E-state index contributed by atoms with van der Waals surface area (Å²) < 4.78 is 28.0. The highest BCUT2D eigenvalue weighted by Crippen LogP contribution is 2.27. The molecule has 1 amide bonds. The Morgan fingerprint density at radius 2 is 2.04 bits per heavy atom. The standard InChI is InChI=1S/C17H14ClF2N3O/c1-9-7-10(3-5-12(9)22-17(24)15(18)20)16-21-13-8-11(19)4-6-14(13)23(16)2/h3-8,15H,1-2H3,(H,22,24). The van der Waals surface area contributed by atoms with E-state index >= 15 is 0 Å². The minimum absolute atomic E-state index is 0.344. The molecule has 1 N–H and O–H groups in total. The van der Waals surface area contributed by atoms with Crippen LogP contribution in [0.1, 0.15) is 5.56 Å². The lowest BCUT2D eigenvalue weighted by atomic mass is 10.1. The maximum atomic E-state index is 13.4. The summed E-state index contributed by atoms with van der Waals surface area (Å²) in [5.41, 5.74) is 1.27. The summed E-state index contributed by atoms with van der Waals surface area (Å²) in [6.45, 7) is 1.78. The average molecular weight is 350 g/mol. The van der Waals surface area contributed by atoms with E-state index in [0.717, 1.165) is 16.6 Å². The van der Waals surface area contributed by atoms with Crippen molar-refractivity contribution in [2.24, 2.45) is 7.05 Å². The molecule has 1 heterocycles. The van der Waals surface area contributed by atoms with Crippen molar-refractivity contribution < 1.29 is 13.6 Å². The Balaban J connectivity index is 2.00. The summed E-state index contributed by atoms with van der Waals surface area (Å²) in [5, 5.41) is 2.41. The number of nitrogens with zero attached hydrogens (tertiary/aromatic N) is 2. The van der Waals surface area contributed by atoms with Gasteiger partial charge in [0.15, 0.2) is 0 Å². The Morgan fingerprint density at radius 3 is 2.71 bits per heavy atom. The van der Waals surface area contributed by atoms with E-state index < -0.39 is 11.5 Å². The molecular formula is C17H14ClF2N3O. The van der Waals surface area contributed by atoms with Crippen LogP contribution in [0.15, 0.2) is 36.4 Å². The first-order valence-corrected chi connectivity index (χ1v) is 7.62. The molecule has 7 heteroatoms. The summed E-state index contributed by atoms with van der Waals surface area (Å²) in [7, 11) is 1.84. The molecule has 124 valence electrons. The largest absolute Gasteiger partial charge is 0.327 e. The van der Waals surface area contributed by atoms with Gasteiger partial charge in [-0.05, 0) is 42.8 Å². The number of amides is 1. The molecule has 0 spiro atoms. The van der Waals surface area contributed by atoms with Gasteiger partial charge < -0.3 is 9.88 Å². The molecule has 1 aromatic heterocycles. The minimum atomic E-state index is -2.10. The van der Waals surface area contributed by atoms with Crippen LogP contribution in [0.2, 0.25) is 0 Å². The molecule has 1 unspecified atom stereocenters. The first-order chi connectivity index (χ1) is 11.4. The number of anilines is 1. The highest BCUT2D eigenvalue weighted by Gasteiger charge is 2.16. The first kappa shape index (κ1) is 16.4. The van der Waals surface area contributed by atoms with E-state index in [1.165, 1.54) is 12.1 Å². The van der Waals surface area contributed by atoms with Crippen molar-refractivity contribution >= 4 is 34.2 Å². The second kappa shape index (κ2) is 6.20. The average Bonchev–Trinajstić information content (AvgIpc) is 2.85. The molecule has 3 rings (SSSR count). The van der Waals surface area contributed by atoms with Gasteiger partial charge in [0, 0.05) is 24.4 Å². The summed E-state index contributed by atoms with van der Waals surface area (Å²) in [6, 6.07) is 9.65. The summed E-state index contributed by atoms with van der Waals surface area (Å²) in [4.78, 5) is 15.8. The fourth-order valence-electron chi connectivity index (χ4n) is 2.56. The second-order valence-corrected chi connectivity index (χ2v) is 5.83. The number of hydrogen-bond donors (Lipinski definition) is 1. The zero-order chi connectivity index (χ0) is 17.4. The number of alkyl halides is 2. The predicted octanol–water partition coefficient (Wildman–Crippen LogP) is 4.16. The highest BCUT2D eigenvalue weighted by atomic mass is 35.5. The maximum absolute atomic E-state index is 13.4. The Labute approximate surface area is 142 Å². The number of nitrogens with one attached hydrogen (secondary N) is 1. The second-order valence-electron chi connectivity index (χ2n) is 5.45. The highest BCUT2D eigenvalue weighted by molar-refractivity contribution is 6.31. The van der Waals surface area contributed by atoms with Gasteiger partial charge in [-0.3, -0.25) is 4.79 Å². The fraction of sp³-hybridized carbons (Fsp3) is 0.176. The van der Waals surface area contributed by atoms with Gasteiger partial charge in [0.05, 0.1) is 11.0 Å². The number of aromatic nitrogens is 2. The molecular weight excluding hydrogens is 336 g/mol. The van der Waals surface area contributed by atoms with Crippen molar-refractivity contribution in [1.29, 1.82) is 0 Å². The van der Waals surface area contributed by atoms with Crippen LogP contribution in [0.4, 0.5) is 14.5 Å². The van der Waals surface area contributed by atoms with Crippen molar-refractivity contribution in [3.8, 4) is 11.4 Å². The van der Waals surface area contributed by atoms with E-state index in [1.807, 2.05) is 17.7 Å². The normalized spacial score (nSPS) is 12.4. The van der Waals surface area contributed by atoms with E-state index in [0.29, 0.717) is 17.0 Å². The Kier molecular flexibility index (Phi) is 4.24. The summed E-state index contributed by atoms with van der Waals surface area (Å²) >= 11 is 5.11. The van der Waals surface area contributed by atoms with E-state index in [-0.39, 0.29) is 5.82 Å². The number of imidazole rings is 1. The molecule has 0 saturated heterocycles. The number of halogens is 3. The van der Waals surface area contributed by atoms with E-state index in [4.69, 9.17) is 11.6 Å². The van der Waals surface area contributed by atoms with Crippen molar-refractivity contribution in [3.63, 3.8) is 0 Å². The van der Waals surface area contributed by atoms with Gasteiger partial charge in [-0.25, -0.2) is 13.8 Å². The lowest BCUT2D eigenvalue weighted by Crippen LogP contribution is -2.19. The van der Waals surface area contributed by atoms with Crippen LogP contribution >= 0.6 is 11.6 Å². The van der Waals surface area contributed by atoms with Crippen LogP contribution in [0.5, 0.6) is 0 Å². The molecule has 1 atom stereocenters. The monoisotopic (exact) mass is 349 g/mol. The lowest BCUT2D eigenvalue weighted by Gasteiger charge is -2.10. The summed E-state index contributed by atoms with van der Waals surface area (Å²) in [6.07, 6.45) is 0. The molecule has 0 bridgehead atoms. The van der Waals surface area contributed by atoms with Crippen molar-refractivity contribution in [3.05, 3.63) is 47.8 Å². The third-order valence-electron chi connectivity index (χ3n) is 3.78. The van der Waals surface area contributed by atoms with Crippen LogP contribution in [-0.4, -0.2) is 21.1 Å². The predicted molar refractivity (Wildman–Crippen MR) is 90.2 cm³/mol. The van der Waals surface area contributed by atoms with E-state index in [9.17, 15) is 13.6 Å². The van der Waals surface area contributed by atoms with Gasteiger partial charge in [0.25, 0.3) is 11.5 Å². The first-order valence-electron chi connectivity index (χ1n) is 7.19. The molecule has 3 aromatic rings. The van der Waals surface area contributed by atoms with Gasteiger partial charge >= 0.3 is 0 Å². The quantitative estimate of drug-likeness (QED) is 0.722. The molecule has 4 nitrogen and oxygen atoms in total. The molecule has 0 aliphatic carbocycles. The van der Waals surface area contributed by atoms with Crippen molar-refractivity contribution in [2.75, 3.05) is 5.32 Å². The maximum Gasteiger partial charge on any atom is 0.274 e.